The summed E-state index contributed by atoms with van der Waals surface area (Å²) in [6, 6.07) is 19.3. The van der Waals surface area contributed by atoms with Gasteiger partial charge >= 0.3 is 0 Å². The Hall–Kier alpha value is -4.35. The van der Waals surface area contributed by atoms with E-state index in [2.05, 4.69) is 15.4 Å². The average Bonchev–Trinajstić information content (AvgIpc) is 3.50. The number of rotatable bonds is 9. The largest absolute Gasteiger partial charge is 0.497 e. The number of carbonyl (C=O) groups is 1. The highest BCUT2D eigenvalue weighted by Gasteiger charge is 2.34. The van der Waals surface area contributed by atoms with Crippen LogP contribution in [0.15, 0.2) is 88.1 Å². The molecule has 2 fully saturated rings. The number of hydrogen-bond acceptors (Lipinski definition) is 8. The number of hydrogen-bond donors (Lipinski definition) is 3. The second-order valence-corrected chi connectivity index (χ2v) is 12.2. The van der Waals surface area contributed by atoms with Crippen molar-refractivity contribution < 1.29 is 27.4 Å². The van der Waals surface area contributed by atoms with Crippen molar-refractivity contribution in [1.29, 1.82) is 0 Å². The van der Waals surface area contributed by atoms with E-state index < -0.39 is 10.0 Å². The van der Waals surface area contributed by atoms with Crippen LogP contribution in [-0.4, -0.2) is 41.8 Å². The van der Waals surface area contributed by atoms with Crippen molar-refractivity contribution >= 4 is 32.9 Å². The summed E-state index contributed by atoms with van der Waals surface area (Å²) >= 11 is 0. The van der Waals surface area contributed by atoms with Crippen LogP contribution in [0.4, 0.5) is 11.4 Å². The van der Waals surface area contributed by atoms with Gasteiger partial charge in [0.2, 0.25) is 5.91 Å². The minimum atomic E-state index is -4.10. The summed E-state index contributed by atoms with van der Waals surface area (Å²) in [5, 5.41) is 7.93. The molecule has 3 aliphatic rings. The monoisotopic (exact) mass is 588 g/mol. The summed E-state index contributed by atoms with van der Waals surface area (Å²) in [5.41, 5.74) is 2.98. The first-order chi connectivity index (χ1) is 20.3. The summed E-state index contributed by atoms with van der Waals surface area (Å²) < 4.78 is 46.5. The van der Waals surface area contributed by atoms with Gasteiger partial charge in [-0.15, -0.1) is 0 Å². The van der Waals surface area contributed by atoms with Gasteiger partial charge in [-0.2, -0.15) is 0 Å². The molecule has 1 saturated heterocycles. The number of ether oxygens (including phenoxy) is 3. The molecule has 0 radical (unpaired) electrons. The quantitative estimate of drug-likeness (QED) is 0.351. The molecule has 0 spiro atoms. The maximum atomic E-state index is 13.8. The number of para-hydroxylation sites is 1. The first-order valence-corrected chi connectivity index (χ1v) is 15.2. The van der Waals surface area contributed by atoms with E-state index in [0.29, 0.717) is 60.0 Å². The van der Waals surface area contributed by atoms with Crippen LogP contribution < -0.4 is 35.4 Å². The number of amides is 1. The minimum absolute atomic E-state index is 0.00193. The number of methoxy groups -OCH3 is 2. The van der Waals surface area contributed by atoms with Crippen LogP contribution in [0, 0.1) is 11.8 Å². The first-order valence-electron chi connectivity index (χ1n) is 13.7. The molecule has 1 saturated carbocycles. The van der Waals surface area contributed by atoms with E-state index in [9.17, 15) is 13.2 Å². The first kappa shape index (κ1) is 27.8. The molecule has 2 aliphatic heterocycles. The molecule has 0 bridgehead atoms. The Kier molecular flexibility index (Phi) is 7.61. The molecule has 2 atom stereocenters. The lowest BCUT2D eigenvalue weighted by molar-refractivity contribution is -0.119. The number of carbonyl (C=O) groups excluding carboxylic acids is 1. The Morgan fingerprint density at radius 3 is 2.48 bits per heavy atom. The number of benzene rings is 3. The Labute approximate surface area is 244 Å². The maximum absolute atomic E-state index is 13.8. The van der Waals surface area contributed by atoms with E-state index in [-0.39, 0.29) is 28.5 Å². The van der Waals surface area contributed by atoms with Gasteiger partial charge in [0.15, 0.2) is 5.82 Å². The van der Waals surface area contributed by atoms with Crippen LogP contribution >= 0.6 is 0 Å². The van der Waals surface area contributed by atoms with Crippen LogP contribution in [0.5, 0.6) is 11.5 Å². The van der Waals surface area contributed by atoms with Gasteiger partial charge in [0.05, 0.1) is 42.7 Å². The van der Waals surface area contributed by atoms with E-state index >= 15 is 0 Å². The van der Waals surface area contributed by atoms with Crippen molar-refractivity contribution in [3.05, 3.63) is 88.8 Å². The molecule has 10 nitrogen and oxygen atoms in total. The van der Waals surface area contributed by atoms with E-state index in [0.717, 1.165) is 11.6 Å². The molecule has 3 aromatic carbocycles. The Morgan fingerprint density at radius 2 is 1.74 bits per heavy atom. The van der Waals surface area contributed by atoms with Crippen LogP contribution in [0.1, 0.15) is 19.3 Å². The topological polar surface area (TPSA) is 127 Å². The summed E-state index contributed by atoms with van der Waals surface area (Å²) in [6.07, 6.45) is 2.11. The third kappa shape index (κ3) is 5.97. The molecule has 3 aromatic rings. The lowest BCUT2D eigenvalue weighted by atomic mass is 10.1. The summed E-state index contributed by atoms with van der Waals surface area (Å²) in [5.74, 6) is 1.18. The molecule has 218 valence electrons. The number of nitrogens with one attached hydrogen (secondary N) is 3. The van der Waals surface area contributed by atoms with E-state index in [1.165, 1.54) is 17.7 Å². The van der Waals surface area contributed by atoms with Crippen LogP contribution in [-0.2, 0) is 19.6 Å². The van der Waals surface area contributed by atoms with Crippen molar-refractivity contribution in [3.63, 3.8) is 0 Å². The fourth-order valence-electron chi connectivity index (χ4n) is 5.27. The van der Waals surface area contributed by atoms with Crippen molar-refractivity contribution in [1.82, 2.24) is 4.72 Å². The van der Waals surface area contributed by atoms with Crippen molar-refractivity contribution in [3.8, 4) is 11.5 Å². The van der Waals surface area contributed by atoms with Gasteiger partial charge < -0.3 is 24.8 Å². The fraction of sp³-hybridized carbons (Fsp3) is 0.290. The van der Waals surface area contributed by atoms with Gasteiger partial charge in [-0.05, 0) is 54.7 Å². The molecule has 11 heteroatoms. The average molecular weight is 589 g/mol. The second-order valence-electron chi connectivity index (χ2n) is 10.5. The molecule has 2 unspecified atom stereocenters. The molecule has 1 aliphatic carbocycles. The zero-order valence-corrected chi connectivity index (χ0v) is 24.2. The fourth-order valence-corrected chi connectivity index (χ4v) is 6.35. The molecule has 3 N–H and O–H groups in total. The van der Waals surface area contributed by atoms with Crippen molar-refractivity contribution in [2.75, 3.05) is 38.1 Å². The lowest BCUT2D eigenvalue weighted by Gasteiger charge is -2.18. The van der Waals surface area contributed by atoms with Gasteiger partial charge in [-0.25, -0.2) is 13.4 Å². The number of sulfonamides is 1. The molecular formula is C31H32N4O6S. The second kappa shape index (κ2) is 11.5. The maximum Gasteiger partial charge on any atom is 0.263 e. The van der Waals surface area contributed by atoms with Crippen molar-refractivity contribution in [2.24, 2.45) is 16.8 Å². The number of anilines is 2. The smallest absolute Gasteiger partial charge is 0.263 e. The number of fused-ring (bicyclic) bond motifs is 2. The molecule has 1 amide bonds. The van der Waals surface area contributed by atoms with Gasteiger partial charge in [-0.1, -0.05) is 29.8 Å². The zero-order chi connectivity index (χ0) is 29.3. The highest BCUT2D eigenvalue weighted by atomic mass is 32.2. The lowest BCUT2D eigenvalue weighted by Crippen LogP contribution is -2.31. The van der Waals surface area contributed by atoms with E-state index in [4.69, 9.17) is 19.2 Å². The summed E-state index contributed by atoms with van der Waals surface area (Å²) in [6.45, 7) is 0.898. The highest BCUT2D eigenvalue weighted by molar-refractivity contribution is 7.89. The predicted molar refractivity (Wildman–Crippen MR) is 158 cm³/mol. The van der Waals surface area contributed by atoms with Gasteiger partial charge in [0.25, 0.3) is 10.0 Å². The number of nitrogens with zero attached hydrogens (tertiary/aromatic N) is 1. The normalized spacial score (nSPS) is 20.7. The Balaban J connectivity index is 1.38. The molecular weight excluding hydrogens is 556 g/mol. The molecule has 42 heavy (non-hydrogen) atoms. The minimum Gasteiger partial charge on any atom is -0.497 e. The van der Waals surface area contributed by atoms with Crippen LogP contribution in [0.3, 0.4) is 0 Å². The Bertz CT molecular complexity index is 1780. The SMILES string of the molecule is COc1cc(NC2=C(NS(=O)(=O)c3cccc(NC(=O)C4CCOC4)c3)N=c3cccc/c3=C3\CC3C2)cc(OC)c1. The van der Waals surface area contributed by atoms with E-state index in [1.54, 1.807) is 32.4 Å². The van der Waals surface area contributed by atoms with Crippen LogP contribution in [0.25, 0.3) is 5.57 Å². The van der Waals surface area contributed by atoms with E-state index in [1.807, 2.05) is 36.4 Å². The summed E-state index contributed by atoms with van der Waals surface area (Å²) in [4.78, 5) is 17.5. The van der Waals surface area contributed by atoms with Crippen molar-refractivity contribution in [2.45, 2.75) is 24.2 Å². The van der Waals surface area contributed by atoms with Gasteiger partial charge in [0, 0.05) is 36.2 Å². The van der Waals surface area contributed by atoms with Gasteiger partial charge in [0.1, 0.15) is 11.5 Å². The van der Waals surface area contributed by atoms with Crippen LogP contribution in [0.2, 0.25) is 0 Å². The molecule has 6 rings (SSSR count). The Morgan fingerprint density at radius 1 is 0.952 bits per heavy atom. The molecule has 2 heterocycles. The highest BCUT2D eigenvalue weighted by Crippen LogP contribution is 2.44. The zero-order valence-electron chi connectivity index (χ0n) is 23.3. The number of allylic oxidation sites excluding steroid dienone is 1. The third-order valence-electron chi connectivity index (χ3n) is 7.61. The standard InChI is InChI=1S/C31H32N4O6S/c1-39-23-14-22(15-24(17-23)40-2)32-29-13-20-12-27(20)26-8-3-4-9-28(26)34-30(29)35-42(37,38)25-7-5-6-21(16-25)33-31(36)19-10-11-41-18-19/h3-9,14-17,19-20,32,35H,10-13,18H2,1-2H3,(H,33,36)/b27-26-,30-29?,34-28?. The van der Waals surface area contributed by atoms with Gasteiger partial charge in [-0.3, -0.25) is 9.52 Å². The third-order valence-corrected chi connectivity index (χ3v) is 8.94. The summed E-state index contributed by atoms with van der Waals surface area (Å²) in [7, 11) is -0.952. The molecule has 0 aromatic heterocycles. The predicted octanol–water partition coefficient (Wildman–Crippen LogP) is 3.13.